The van der Waals surface area contributed by atoms with Crippen molar-refractivity contribution in [2.75, 3.05) is 11.9 Å². The summed E-state index contributed by atoms with van der Waals surface area (Å²) in [6, 6.07) is 46.5. The van der Waals surface area contributed by atoms with Gasteiger partial charge in [-0.1, -0.05) is 127 Å². The molecule has 0 saturated heterocycles. The van der Waals surface area contributed by atoms with Crippen LogP contribution in [-0.2, 0) is 0 Å². The van der Waals surface area contributed by atoms with Crippen molar-refractivity contribution in [1.82, 2.24) is 0 Å². The molecule has 0 heterocycles. The van der Waals surface area contributed by atoms with Crippen molar-refractivity contribution < 1.29 is 0 Å². The standard InChI is InChI=1S/C41H33N.C2H2/c1-4-5-14-28(2)32-19-12-13-20-38(32)42(3)39-26-22-31-21-23-33-36(29-15-8-6-9-16-29)27-37(30-17-10-7-11-18-30)34-24-25-35(39)40(31)41(33)34;1-2/h4-27H,1-3H3;1-2H/b5-4-,28-14+;. The summed E-state index contributed by atoms with van der Waals surface area (Å²) in [4.78, 5) is 2.35. The van der Waals surface area contributed by atoms with Crippen LogP contribution in [0.25, 0.3) is 60.1 Å². The van der Waals surface area contributed by atoms with E-state index in [9.17, 15) is 0 Å². The summed E-state index contributed by atoms with van der Waals surface area (Å²) in [6.45, 7) is 4.24. The van der Waals surface area contributed by atoms with Crippen molar-refractivity contribution in [2.24, 2.45) is 0 Å². The summed E-state index contributed by atoms with van der Waals surface area (Å²) in [7, 11) is 2.19. The van der Waals surface area contributed by atoms with Gasteiger partial charge in [0.1, 0.15) is 0 Å². The van der Waals surface area contributed by atoms with E-state index in [1.54, 1.807) is 0 Å². The number of anilines is 2. The third-order valence-electron chi connectivity index (χ3n) is 8.52. The van der Waals surface area contributed by atoms with Crippen LogP contribution in [0.3, 0.4) is 0 Å². The molecule has 1 nitrogen and oxygen atoms in total. The second kappa shape index (κ2) is 12.3. The lowest BCUT2D eigenvalue weighted by molar-refractivity contribution is 1.21. The number of hydrogen-bond donors (Lipinski definition) is 0. The maximum atomic E-state index is 4.00. The fraction of sp³-hybridized carbons (Fsp3) is 0.0698. The number of terminal acetylenes is 1. The predicted molar refractivity (Wildman–Crippen MR) is 194 cm³/mol. The van der Waals surface area contributed by atoms with Gasteiger partial charge in [0.25, 0.3) is 0 Å². The molecular weight excluding hydrogens is 530 g/mol. The van der Waals surface area contributed by atoms with Crippen LogP contribution >= 0.6 is 0 Å². The highest BCUT2D eigenvalue weighted by Crippen LogP contribution is 2.46. The van der Waals surface area contributed by atoms with Crippen molar-refractivity contribution in [3.63, 3.8) is 0 Å². The van der Waals surface area contributed by atoms with Gasteiger partial charge in [-0.2, -0.15) is 0 Å². The molecule has 7 rings (SSSR count). The van der Waals surface area contributed by atoms with E-state index in [0.717, 1.165) is 0 Å². The van der Waals surface area contributed by atoms with Gasteiger partial charge in [0, 0.05) is 29.4 Å². The third kappa shape index (κ3) is 4.91. The fourth-order valence-electron chi connectivity index (χ4n) is 6.45. The Morgan fingerprint density at radius 2 is 1.14 bits per heavy atom. The van der Waals surface area contributed by atoms with Crippen molar-refractivity contribution in [3.05, 3.63) is 151 Å². The van der Waals surface area contributed by atoms with Gasteiger partial charge in [-0.3, -0.25) is 0 Å². The average Bonchev–Trinajstić information content (AvgIpc) is 3.10. The number of nitrogens with zero attached hydrogens (tertiary/aromatic N) is 1. The van der Waals surface area contributed by atoms with Crippen LogP contribution < -0.4 is 4.90 Å². The largest absolute Gasteiger partial charge is 0.344 e. The van der Waals surface area contributed by atoms with Crippen molar-refractivity contribution >= 4 is 49.3 Å². The van der Waals surface area contributed by atoms with E-state index in [4.69, 9.17) is 0 Å². The van der Waals surface area contributed by atoms with E-state index >= 15 is 0 Å². The van der Waals surface area contributed by atoms with E-state index in [-0.39, 0.29) is 0 Å². The Hall–Kier alpha value is -5.58. The maximum Gasteiger partial charge on any atom is 0.0488 e. The Morgan fingerprint density at radius 3 is 1.77 bits per heavy atom. The third-order valence-corrected chi connectivity index (χ3v) is 8.52. The lowest BCUT2D eigenvalue weighted by Crippen LogP contribution is -2.12. The number of benzene rings is 7. The molecule has 0 N–H and O–H groups in total. The molecule has 0 aliphatic heterocycles. The maximum absolute atomic E-state index is 4.00. The van der Waals surface area contributed by atoms with E-state index in [2.05, 4.69) is 184 Å². The van der Waals surface area contributed by atoms with Crippen LogP contribution in [0.15, 0.2) is 146 Å². The monoisotopic (exact) mass is 565 g/mol. The minimum Gasteiger partial charge on any atom is -0.344 e. The van der Waals surface area contributed by atoms with E-state index < -0.39 is 0 Å². The first-order valence-corrected chi connectivity index (χ1v) is 15.0. The normalized spacial score (nSPS) is 11.7. The van der Waals surface area contributed by atoms with Crippen molar-refractivity contribution in [1.29, 1.82) is 0 Å². The molecule has 0 amide bonds. The molecule has 44 heavy (non-hydrogen) atoms. The molecule has 0 aromatic heterocycles. The molecule has 0 atom stereocenters. The predicted octanol–water partition coefficient (Wildman–Crippen LogP) is 11.9. The highest BCUT2D eigenvalue weighted by atomic mass is 15.1. The van der Waals surface area contributed by atoms with Crippen LogP contribution in [0.1, 0.15) is 19.4 Å². The highest BCUT2D eigenvalue weighted by molar-refractivity contribution is 6.30. The zero-order chi connectivity index (χ0) is 30.6. The first-order chi connectivity index (χ1) is 21.7. The van der Waals surface area contributed by atoms with Gasteiger partial charge in [0.05, 0.1) is 0 Å². The molecule has 212 valence electrons. The molecule has 1 heteroatoms. The quantitative estimate of drug-likeness (QED) is 0.110. The molecular formula is C43H35N. The van der Waals surface area contributed by atoms with E-state index in [1.165, 1.54) is 77.1 Å². The topological polar surface area (TPSA) is 3.24 Å². The summed E-state index contributed by atoms with van der Waals surface area (Å²) in [5, 5.41) is 7.77. The molecule has 0 bridgehead atoms. The van der Waals surface area contributed by atoms with Gasteiger partial charge in [-0.15, -0.1) is 12.8 Å². The van der Waals surface area contributed by atoms with E-state index in [0.29, 0.717) is 0 Å². The lowest BCUT2D eigenvalue weighted by Gasteiger charge is -2.26. The Bertz CT molecular complexity index is 2090. The Balaban J connectivity index is 0.00000168. The Morgan fingerprint density at radius 1 is 0.591 bits per heavy atom. The van der Waals surface area contributed by atoms with Crippen LogP contribution in [0.5, 0.6) is 0 Å². The minimum absolute atomic E-state index is 1.20. The Kier molecular flexibility index (Phi) is 8.00. The Labute approximate surface area is 260 Å². The summed E-state index contributed by atoms with van der Waals surface area (Å²) < 4.78 is 0. The second-order valence-corrected chi connectivity index (χ2v) is 11.0. The fourth-order valence-corrected chi connectivity index (χ4v) is 6.45. The van der Waals surface area contributed by atoms with Crippen molar-refractivity contribution in [3.8, 4) is 35.1 Å². The van der Waals surface area contributed by atoms with Gasteiger partial charge in [0.15, 0.2) is 0 Å². The van der Waals surface area contributed by atoms with Gasteiger partial charge >= 0.3 is 0 Å². The zero-order valence-corrected chi connectivity index (χ0v) is 25.5. The number of rotatable bonds is 6. The van der Waals surface area contributed by atoms with E-state index in [1.807, 2.05) is 0 Å². The zero-order valence-electron chi connectivity index (χ0n) is 25.5. The van der Waals surface area contributed by atoms with Crippen LogP contribution in [0.4, 0.5) is 11.4 Å². The van der Waals surface area contributed by atoms with Crippen molar-refractivity contribution in [2.45, 2.75) is 13.8 Å². The molecule has 0 saturated carbocycles. The molecule has 0 aliphatic rings. The average molecular weight is 566 g/mol. The first-order valence-electron chi connectivity index (χ1n) is 15.0. The van der Waals surface area contributed by atoms with Crippen LogP contribution in [0.2, 0.25) is 0 Å². The van der Waals surface area contributed by atoms with Gasteiger partial charge in [-0.25, -0.2) is 0 Å². The number of allylic oxidation sites excluding steroid dienone is 4. The second-order valence-electron chi connectivity index (χ2n) is 11.0. The smallest absolute Gasteiger partial charge is 0.0488 e. The van der Waals surface area contributed by atoms with Gasteiger partial charge < -0.3 is 4.90 Å². The summed E-state index contributed by atoms with van der Waals surface area (Å²) in [5.41, 5.74) is 9.89. The van der Waals surface area contributed by atoms with Gasteiger partial charge in [0.2, 0.25) is 0 Å². The first kappa shape index (κ1) is 28.5. The number of para-hydroxylation sites is 1. The summed E-state index contributed by atoms with van der Waals surface area (Å²) in [5.74, 6) is 0. The number of hydrogen-bond acceptors (Lipinski definition) is 1. The lowest BCUT2D eigenvalue weighted by atomic mass is 9.85. The van der Waals surface area contributed by atoms with Gasteiger partial charge in [-0.05, 0) is 86.8 Å². The molecule has 7 aromatic rings. The molecule has 0 radical (unpaired) electrons. The highest BCUT2D eigenvalue weighted by Gasteiger charge is 2.20. The minimum atomic E-state index is 1.20. The summed E-state index contributed by atoms with van der Waals surface area (Å²) >= 11 is 0. The molecule has 7 aromatic carbocycles. The molecule has 0 spiro atoms. The summed E-state index contributed by atoms with van der Waals surface area (Å²) in [6.07, 6.45) is 14.4. The van der Waals surface area contributed by atoms with Crippen LogP contribution in [0, 0.1) is 12.8 Å². The van der Waals surface area contributed by atoms with Crippen LogP contribution in [-0.4, -0.2) is 7.05 Å². The SMILES string of the molecule is C#C.C/C=C\C=C(/C)c1ccccc1N(C)c1ccc2ccc3c(-c4ccccc4)cc(-c4ccccc4)c4ccc1c2c34. The molecule has 0 aliphatic carbocycles. The molecule has 0 fully saturated rings. The molecule has 0 unspecified atom stereocenters.